The number of fused-ring (bicyclic) bond motifs is 1. The van der Waals surface area contributed by atoms with Crippen molar-refractivity contribution in [2.45, 2.75) is 27.7 Å². The molecule has 0 unspecified atom stereocenters. The number of carbonyl (C=O) groups is 1. The lowest BCUT2D eigenvalue weighted by Gasteiger charge is -2.21. The number of nitrogens with zero attached hydrogens (tertiary/aromatic N) is 1. The molecule has 1 amide bonds. The Morgan fingerprint density at radius 1 is 1.11 bits per heavy atom. The highest BCUT2D eigenvalue weighted by atomic mass is 16.3. The van der Waals surface area contributed by atoms with E-state index in [0.717, 1.165) is 41.0 Å². The minimum absolute atomic E-state index is 0.137. The van der Waals surface area contributed by atoms with Gasteiger partial charge in [0, 0.05) is 35.9 Å². The fraction of sp³-hybridized carbons (Fsp3) is 0.273. The molecule has 0 spiro atoms. The Morgan fingerprint density at radius 2 is 1.85 bits per heavy atom. The van der Waals surface area contributed by atoms with E-state index in [-0.39, 0.29) is 17.0 Å². The molecule has 140 valence electrons. The number of carbonyl (C=O) groups excluding carboxylic acids is 1. The van der Waals surface area contributed by atoms with Gasteiger partial charge in [-0.25, -0.2) is 0 Å². The van der Waals surface area contributed by atoms with Crippen LogP contribution >= 0.6 is 0 Å². The molecular formula is C22H25N3O2. The molecule has 0 radical (unpaired) electrons. The molecule has 0 aliphatic heterocycles. The molecule has 2 aromatic carbocycles. The number of anilines is 2. The Balaban J connectivity index is 1.96. The largest absolute Gasteiger partial charge is 0.438 e. The minimum Gasteiger partial charge on any atom is -0.438 e. The van der Waals surface area contributed by atoms with Crippen LogP contribution in [0.2, 0.25) is 0 Å². The Bertz CT molecular complexity index is 1050. The molecule has 5 heteroatoms. The molecule has 0 fully saturated rings. The average molecular weight is 363 g/mol. The number of nitrogens with one attached hydrogen (secondary N) is 2. The number of aryl methyl sites for hydroxylation is 1. The molecule has 1 aromatic heterocycles. The Morgan fingerprint density at radius 3 is 2.56 bits per heavy atom. The van der Waals surface area contributed by atoms with Gasteiger partial charge in [-0.05, 0) is 63.1 Å². The van der Waals surface area contributed by atoms with Gasteiger partial charge in [0.2, 0.25) is 5.55 Å². The van der Waals surface area contributed by atoms with Gasteiger partial charge in [0.15, 0.2) is 0 Å². The van der Waals surface area contributed by atoms with Crippen LogP contribution in [0.25, 0.3) is 11.0 Å². The summed E-state index contributed by atoms with van der Waals surface area (Å²) in [7, 11) is 0. The zero-order chi connectivity index (χ0) is 19.6. The van der Waals surface area contributed by atoms with E-state index in [2.05, 4.69) is 24.1 Å². The lowest BCUT2D eigenvalue weighted by atomic mass is 10.1. The van der Waals surface area contributed by atoms with Crippen molar-refractivity contribution in [3.63, 3.8) is 0 Å². The average Bonchev–Trinajstić information content (AvgIpc) is 2.65. The third-order valence-electron chi connectivity index (χ3n) is 4.98. The number of rotatable bonds is 5. The van der Waals surface area contributed by atoms with Gasteiger partial charge in [-0.1, -0.05) is 12.1 Å². The standard InChI is InChI=1S/C22H25N3O2/c1-5-25(6-2)17-11-10-16-12-18(21(23)27-20(16)13-17)22(26)24-19-9-7-8-14(3)15(19)4/h7-13,23H,5-6H2,1-4H3,(H,24,26). The maximum absolute atomic E-state index is 12.7. The summed E-state index contributed by atoms with van der Waals surface area (Å²) in [5, 5.41) is 11.9. The van der Waals surface area contributed by atoms with Crippen molar-refractivity contribution in [3.05, 3.63) is 64.7 Å². The summed E-state index contributed by atoms with van der Waals surface area (Å²) in [4.78, 5) is 14.9. The quantitative estimate of drug-likeness (QED) is 0.694. The maximum Gasteiger partial charge on any atom is 0.261 e. The highest BCUT2D eigenvalue weighted by Crippen LogP contribution is 2.23. The van der Waals surface area contributed by atoms with Crippen molar-refractivity contribution >= 4 is 28.3 Å². The summed E-state index contributed by atoms with van der Waals surface area (Å²) in [5.41, 5.74) is 4.60. The molecule has 0 atom stereocenters. The van der Waals surface area contributed by atoms with Crippen LogP contribution in [0.5, 0.6) is 0 Å². The minimum atomic E-state index is -0.341. The van der Waals surface area contributed by atoms with Crippen LogP contribution in [0.1, 0.15) is 35.3 Å². The topological polar surface area (TPSA) is 69.3 Å². The lowest BCUT2D eigenvalue weighted by molar-refractivity contribution is 0.102. The lowest BCUT2D eigenvalue weighted by Crippen LogP contribution is -2.22. The second-order valence-electron chi connectivity index (χ2n) is 6.59. The molecule has 0 saturated carbocycles. The van der Waals surface area contributed by atoms with E-state index in [9.17, 15) is 4.79 Å². The second kappa shape index (κ2) is 7.66. The molecule has 3 aromatic rings. The summed E-state index contributed by atoms with van der Waals surface area (Å²) < 4.78 is 5.66. The van der Waals surface area contributed by atoms with Gasteiger partial charge in [0.05, 0.1) is 0 Å². The summed E-state index contributed by atoms with van der Waals surface area (Å²) in [6.07, 6.45) is 0. The van der Waals surface area contributed by atoms with E-state index in [1.807, 2.05) is 50.2 Å². The van der Waals surface area contributed by atoms with Crippen molar-refractivity contribution in [3.8, 4) is 0 Å². The predicted molar refractivity (Wildman–Crippen MR) is 109 cm³/mol. The third-order valence-corrected chi connectivity index (χ3v) is 4.98. The first-order chi connectivity index (χ1) is 12.9. The van der Waals surface area contributed by atoms with Gasteiger partial charge in [0.25, 0.3) is 5.91 Å². The van der Waals surface area contributed by atoms with E-state index in [1.54, 1.807) is 6.07 Å². The van der Waals surface area contributed by atoms with Crippen molar-refractivity contribution in [2.24, 2.45) is 0 Å². The Kier molecular flexibility index (Phi) is 5.31. The summed E-state index contributed by atoms with van der Waals surface area (Å²) in [6, 6.07) is 13.3. The van der Waals surface area contributed by atoms with Gasteiger partial charge < -0.3 is 14.6 Å². The summed E-state index contributed by atoms with van der Waals surface area (Å²) >= 11 is 0. The molecule has 0 saturated heterocycles. The van der Waals surface area contributed by atoms with Crippen LogP contribution in [0, 0.1) is 19.3 Å². The molecule has 0 aliphatic carbocycles. The fourth-order valence-corrected chi connectivity index (χ4v) is 3.15. The molecule has 0 aliphatic rings. The molecule has 0 bridgehead atoms. The van der Waals surface area contributed by atoms with Gasteiger partial charge in [-0.3, -0.25) is 10.2 Å². The van der Waals surface area contributed by atoms with Crippen LogP contribution in [0.4, 0.5) is 11.4 Å². The summed E-state index contributed by atoms with van der Waals surface area (Å²) in [5.74, 6) is -0.341. The normalized spacial score (nSPS) is 10.8. The van der Waals surface area contributed by atoms with Crippen molar-refractivity contribution in [1.82, 2.24) is 0 Å². The predicted octanol–water partition coefficient (Wildman–Crippen LogP) is 4.63. The van der Waals surface area contributed by atoms with Crippen molar-refractivity contribution < 1.29 is 9.21 Å². The first-order valence-corrected chi connectivity index (χ1v) is 9.19. The van der Waals surface area contributed by atoms with Gasteiger partial charge >= 0.3 is 0 Å². The van der Waals surface area contributed by atoms with Crippen molar-refractivity contribution in [1.29, 1.82) is 5.41 Å². The molecule has 5 nitrogen and oxygen atoms in total. The van der Waals surface area contributed by atoms with Gasteiger partial charge in [-0.15, -0.1) is 0 Å². The fourth-order valence-electron chi connectivity index (χ4n) is 3.15. The van der Waals surface area contributed by atoms with Crippen LogP contribution < -0.4 is 15.8 Å². The van der Waals surface area contributed by atoms with Gasteiger partial charge in [0.1, 0.15) is 11.1 Å². The maximum atomic E-state index is 12.7. The highest BCUT2D eigenvalue weighted by Gasteiger charge is 2.14. The van der Waals surface area contributed by atoms with E-state index in [0.29, 0.717) is 5.58 Å². The third kappa shape index (κ3) is 3.72. The van der Waals surface area contributed by atoms with E-state index < -0.39 is 0 Å². The number of hydrogen-bond acceptors (Lipinski definition) is 4. The molecular weight excluding hydrogens is 338 g/mol. The van der Waals surface area contributed by atoms with Crippen molar-refractivity contribution in [2.75, 3.05) is 23.3 Å². The van der Waals surface area contributed by atoms with Crippen LogP contribution in [0.15, 0.2) is 46.9 Å². The molecule has 2 N–H and O–H groups in total. The van der Waals surface area contributed by atoms with Crippen LogP contribution in [0.3, 0.4) is 0 Å². The number of hydrogen-bond donors (Lipinski definition) is 2. The number of benzene rings is 2. The molecule has 27 heavy (non-hydrogen) atoms. The molecule has 1 heterocycles. The zero-order valence-corrected chi connectivity index (χ0v) is 16.2. The van der Waals surface area contributed by atoms with Gasteiger partial charge in [-0.2, -0.15) is 0 Å². The van der Waals surface area contributed by atoms with Crippen LogP contribution in [-0.2, 0) is 0 Å². The highest BCUT2D eigenvalue weighted by molar-refractivity contribution is 6.05. The Labute approximate surface area is 159 Å². The number of amides is 1. The van der Waals surface area contributed by atoms with E-state index in [1.165, 1.54) is 0 Å². The van der Waals surface area contributed by atoms with Crippen LogP contribution in [-0.4, -0.2) is 19.0 Å². The first-order valence-electron chi connectivity index (χ1n) is 9.19. The summed E-state index contributed by atoms with van der Waals surface area (Å²) in [6.45, 7) is 9.95. The van der Waals surface area contributed by atoms with E-state index >= 15 is 0 Å². The zero-order valence-electron chi connectivity index (χ0n) is 16.2. The monoisotopic (exact) mass is 363 g/mol. The smallest absolute Gasteiger partial charge is 0.261 e. The Hall–Kier alpha value is -3.08. The first kappa shape index (κ1) is 18.7. The molecule has 3 rings (SSSR count). The SMILES string of the molecule is CCN(CC)c1ccc2cc(C(=O)Nc3cccc(C)c3C)c(=N)oc2c1. The van der Waals surface area contributed by atoms with E-state index in [4.69, 9.17) is 9.83 Å². The second-order valence-corrected chi connectivity index (χ2v) is 6.59.